The van der Waals surface area contributed by atoms with Crippen LogP contribution in [-0.4, -0.2) is 7.41 Å². The monoisotopic (exact) mass is 113 g/mol. The van der Waals surface area contributed by atoms with Crippen LogP contribution in [0.3, 0.4) is 0 Å². The van der Waals surface area contributed by atoms with E-state index in [0.717, 1.165) is 12.4 Å². The van der Waals surface area contributed by atoms with E-state index in [0.29, 0.717) is 0 Å². The highest BCUT2D eigenvalue weighted by atomic mass is 35.5. The summed E-state index contributed by atoms with van der Waals surface area (Å²) >= 11 is 5.53. The maximum Gasteiger partial charge on any atom is 0.259 e. The van der Waals surface area contributed by atoms with Crippen LogP contribution in [0.5, 0.6) is 0 Å². The summed E-state index contributed by atoms with van der Waals surface area (Å²) in [6.45, 7) is 0. The lowest BCUT2D eigenvalue weighted by Crippen LogP contribution is -2.11. The summed E-state index contributed by atoms with van der Waals surface area (Å²) in [6.07, 6.45) is 3.65. The predicted octanol–water partition coefficient (Wildman–Crippen LogP) is 0.535. The Bertz CT molecular complexity index is 119. The fourth-order valence-corrected chi connectivity index (χ4v) is 0.610. The fraction of sp³-hybridized carbons (Fsp3) is 0. The molecule has 0 amide bonds. The third-order valence-corrected chi connectivity index (χ3v) is 0.988. The van der Waals surface area contributed by atoms with Crippen molar-refractivity contribution in [2.75, 3.05) is 0 Å². The Morgan fingerprint density at radius 1 is 1.71 bits per heavy atom. The molecule has 0 spiro atoms. The molecule has 0 aromatic heterocycles. The molecule has 36 valence electrons. The standard InChI is InChI=1S/C4H5BClN/c6-4-1-2-5-7-3-4/h1-3,5,7H. The van der Waals surface area contributed by atoms with Gasteiger partial charge in [0.2, 0.25) is 0 Å². The van der Waals surface area contributed by atoms with Crippen molar-refractivity contribution in [2.45, 2.75) is 0 Å². The van der Waals surface area contributed by atoms with Gasteiger partial charge in [0.1, 0.15) is 0 Å². The van der Waals surface area contributed by atoms with Gasteiger partial charge in [-0.3, -0.25) is 0 Å². The van der Waals surface area contributed by atoms with Gasteiger partial charge >= 0.3 is 0 Å². The van der Waals surface area contributed by atoms with Gasteiger partial charge in [0.25, 0.3) is 7.41 Å². The Labute approximate surface area is 48.3 Å². The largest absolute Gasteiger partial charge is 0.432 e. The van der Waals surface area contributed by atoms with Crippen molar-refractivity contribution < 1.29 is 0 Å². The molecule has 0 bridgehead atoms. The topological polar surface area (TPSA) is 12.0 Å². The van der Waals surface area contributed by atoms with Crippen molar-refractivity contribution >= 4 is 19.0 Å². The average molecular weight is 113 g/mol. The quantitative estimate of drug-likeness (QED) is 0.452. The van der Waals surface area contributed by atoms with Crippen LogP contribution in [0.15, 0.2) is 23.3 Å². The number of hydrogen-bond acceptors (Lipinski definition) is 1. The van der Waals surface area contributed by atoms with E-state index in [1.165, 1.54) is 0 Å². The SMILES string of the molecule is ClC1=CNBC=C1. The van der Waals surface area contributed by atoms with Crippen molar-refractivity contribution in [1.29, 1.82) is 0 Å². The van der Waals surface area contributed by atoms with Crippen LogP contribution < -0.4 is 5.23 Å². The molecule has 0 saturated carbocycles. The van der Waals surface area contributed by atoms with Gasteiger partial charge in [-0.15, -0.1) is 0 Å². The summed E-state index contributed by atoms with van der Waals surface area (Å²) in [6, 6.07) is 0. The molecule has 0 fully saturated rings. The fourth-order valence-electron chi connectivity index (χ4n) is 0.444. The first-order chi connectivity index (χ1) is 3.39. The lowest BCUT2D eigenvalue weighted by Gasteiger charge is -1.97. The number of halogens is 1. The Morgan fingerprint density at radius 3 is 2.86 bits per heavy atom. The highest BCUT2D eigenvalue weighted by Gasteiger charge is 1.88. The van der Waals surface area contributed by atoms with E-state index >= 15 is 0 Å². The first-order valence-electron chi connectivity index (χ1n) is 2.15. The molecule has 0 unspecified atom stereocenters. The highest BCUT2D eigenvalue weighted by molar-refractivity contribution is 6.42. The van der Waals surface area contributed by atoms with E-state index in [4.69, 9.17) is 11.6 Å². The first-order valence-corrected chi connectivity index (χ1v) is 2.53. The van der Waals surface area contributed by atoms with Crippen molar-refractivity contribution in [2.24, 2.45) is 0 Å². The summed E-state index contributed by atoms with van der Waals surface area (Å²) in [5, 5.41) is 3.72. The predicted molar refractivity (Wildman–Crippen MR) is 33.4 cm³/mol. The number of hydrogen-bond donors (Lipinski definition) is 1. The van der Waals surface area contributed by atoms with Gasteiger partial charge in [-0.25, -0.2) is 0 Å². The van der Waals surface area contributed by atoms with E-state index in [-0.39, 0.29) is 0 Å². The molecule has 0 aliphatic carbocycles. The molecule has 1 N–H and O–H groups in total. The Morgan fingerprint density at radius 2 is 2.57 bits per heavy atom. The van der Waals surface area contributed by atoms with Crippen molar-refractivity contribution in [3.63, 3.8) is 0 Å². The minimum atomic E-state index is 0.770. The van der Waals surface area contributed by atoms with Gasteiger partial charge in [-0.2, -0.15) is 0 Å². The van der Waals surface area contributed by atoms with Crippen LogP contribution in [0.4, 0.5) is 0 Å². The van der Waals surface area contributed by atoms with Crippen LogP contribution in [0, 0.1) is 0 Å². The second kappa shape index (κ2) is 2.08. The van der Waals surface area contributed by atoms with Crippen LogP contribution in [-0.2, 0) is 0 Å². The summed E-state index contributed by atoms with van der Waals surface area (Å²) in [5.74, 6) is 1.97. The molecule has 1 aliphatic heterocycles. The molecule has 0 atom stereocenters. The van der Waals surface area contributed by atoms with Crippen LogP contribution in [0.25, 0.3) is 0 Å². The van der Waals surface area contributed by atoms with Gasteiger partial charge < -0.3 is 5.23 Å². The molecule has 3 heteroatoms. The van der Waals surface area contributed by atoms with Gasteiger partial charge in [0.15, 0.2) is 0 Å². The molecule has 7 heavy (non-hydrogen) atoms. The van der Waals surface area contributed by atoms with E-state index in [1.54, 1.807) is 6.20 Å². The molecule has 1 aliphatic rings. The molecular weight excluding hydrogens is 108 g/mol. The Balaban J connectivity index is 2.58. The molecule has 1 rings (SSSR count). The normalized spacial score (nSPS) is 17.0. The molecule has 1 heterocycles. The zero-order valence-electron chi connectivity index (χ0n) is 3.82. The van der Waals surface area contributed by atoms with Crippen molar-refractivity contribution in [3.05, 3.63) is 23.3 Å². The second-order valence-corrected chi connectivity index (χ2v) is 1.78. The molecule has 1 nitrogen and oxygen atoms in total. The van der Waals surface area contributed by atoms with Gasteiger partial charge in [0.05, 0.1) is 5.03 Å². The molecule has 0 saturated heterocycles. The maximum atomic E-state index is 5.53. The van der Waals surface area contributed by atoms with Gasteiger partial charge in [0, 0.05) is 6.20 Å². The summed E-state index contributed by atoms with van der Waals surface area (Å²) in [4.78, 5) is 0. The van der Waals surface area contributed by atoms with E-state index in [1.807, 2.05) is 12.1 Å². The van der Waals surface area contributed by atoms with Crippen LogP contribution in [0.2, 0.25) is 0 Å². The van der Waals surface area contributed by atoms with Crippen molar-refractivity contribution in [1.82, 2.24) is 5.23 Å². The molecule has 0 aromatic rings. The average Bonchev–Trinajstić information content (AvgIpc) is 1.69. The Kier molecular flexibility index (Phi) is 1.42. The number of nitrogens with one attached hydrogen (secondary N) is 1. The van der Waals surface area contributed by atoms with E-state index in [2.05, 4.69) is 5.23 Å². The van der Waals surface area contributed by atoms with Gasteiger partial charge in [-0.05, 0) is 0 Å². The summed E-state index contributed by atoms with van der Waals surface area (Å²) in [5.41, 5.74) is 0. The van der Waals surface area contributed by atoms with Crippen molar-refractivity contribution in [3.8, 4) is 0 Å². The highest BCUT2D eigenvalue weighted by Crippen LogP contribution is 2.01. The second-order valence-electron chi connectivity index (χ2n) is 1.34. The third kappa shape index (κ3) is 1.28. The van der Waals surface area contributed by atoms with Crippen LogP contribution in [0.1, 0.15) is 0 Å². The zero-order valence-corrected chi connectivity index (χ0v) is 4.57. The van der Waals surface area contributed by atoms with E-state index in [9.17, 15) is 0 Å². The molecule has 0 aromatic carbocycles. The number of rotatable bonds is 0. The number of allylic oxidation sites excluding steroid dienone is 2. The molecule has 0 radical (unpaired) electrons. The lowest BCUT2D eigenvalue weighted by molar-refractivity contribution is 1.34. The lowest BCUT2D eigenvalue weighted by atomic mass is 9.93. The minimum Gasteiger partial charge on any atom is -0.432 e. The maximum absolute atomic E-state index is 5.53. The zero-order chi connectivity index (χ0) is 5.11. The minimum absolute atomic E-state index is 0.770. The molecular formula is C4H5BClN. The van der Waals surface area contributed by atoms with E-state index < -0.39 is 0 Å². The third-order valence-electron chi connectivity index (χ3n) is 0.753. The smallest absolute Gasteiger partial charge is 0.259 e. The summed E-state index contributed by atoms with van der Waals surface area (Å²) < 4.78 is 0. The summed E-state index contributed by atoms with van der Waals surface area (Å²) in [7, 11) is 0.899. The first kappa shape index (κ1) is 4.79. The van der Waals surface area contributed by atoms with Gasteiger partial charge in [-0.1, -0.05) is 23.7 Å². The van der Waals surface area contributed by atoms with Crippen LogP contribution >= 0.6 is 11.6 Å². The Hall–Kier alpha value is -0.365.